The van der Waals surface area contributed by atoms with Crippen molar-refractivity contribution in [3.05, 3.63) is 35.4 Å². The van der Waals surface area contributed by atoms with Crippen molar-refractivity contribution in [2.45, 2.75) is 18.9 Å². The van der Waals surface area contributed by atoms with Crippen LogP contribution in [0.4, 0.5) is 8.78 Å². The van der Waals surface area contributed by atoms with E-state index in [1.165, 1.54) is 12.1 Å². The van der Waals surface area contributed by atoms with Crippen molar-refractivity contribution in [3.63, 3.8) is 0 Å². The average Bonchev–Trinajstić information content (AvgIpc) is 2.16. The monoisotopic (exact) mass is 215 g/mol. The van der Waals surface area contributed by atoms with Crippen LogP contribution in [0.15, 0.2) is 24.3 Å². The Morgan fingerprint density at radius 2 is 2.00 bits per heavy atom. The highest BCUT2D eigenvalue weighted by Gasteiger charge is 2.18. The van der Waals surface area contributed by atoms with Crippen LogP contribution in [0.2, 0.25) is 0 Å². The van der Waals surface area contributed by atoms with Gasteiger partial charge in [0.05, 0.1) is 0 Å². The molecular formula is C10H11F2NO2. The Morgan fingerprint density at radius 1 is 1.40 bits per heavy atom. The first-order valence-corrected chi connectivity index (χ1v) is 4.36. The van der Waals surface area contributed by atoms with Gasteiger partial charge in [-0.3, -0.25) is 4.79 Å². The van der Waals surface area contributed by atoms with Gasteiger partial charge in [-0.25, -0.2) is 8.78 Å². The topological polar surface area (TPSA) is 63.3 Å². The fourth-order valence-corrected chi connectivity index (χ4v) is 1.32. The summed E-state index contributed by atoms with van der Waals surface area (Å²) in [5.74, 6) is -1.23. The molecule has 5 heteroatoms. The molecule has 1 aromatic carbocycles. The molecule has 0 fully saturated rings. The molecule has 3 N–H and O–H groups in total. The van der Waals surface area contributed by atoms with Crippen molar-refractivity contribution in [3.8, 4) is 0 Å². The Kier molecular flexibility index (Phi) is 3.74. The second-order valence-electron chi connectivity index (χ2n) is 3.11. The zero-order chi connectivity index (χ0) is 11.4. The number of alkyl halides is 2. The molecule has 0 aromatic heterocycles. The highest BCUT2D eigenvalue weighted by atomic mass is 19.3. The molecule has 0 saturated heterocycles. The smallest absolute Gasteiger partial charge is 0.325 e. The Hall–Kier alpha value is -1.49. The number of hydrogen-bond donors (Lipinski definition) is 2. The van der Waals surface area contributed by atoms with Gasteiger partial charge in [-0.2, -0.15) is 0 Å². The van der Waals surface area contributed by atoms with E-state index in [1.807, 2.05) is 0 Å². The number of carboxylic acid groups (broad SMARTS) is 1. The molecule has 15 heavy (non-hydrogen) atoms. The minimum atomic E-state index is -2.51. The van der Waals surface area contributed by atoms with Gasteiger partial charge in [0, 0.05) is 6.42 Å². The minimum Gasteiger partial charge on any atom is -0.480 e. The first kappa shape index (κ1) is 11.6. The van der Waals surface area contributed by atoms with E-state index in [2.05, 4.69) is 0 Å². The van der Waals surface area contributed by atoms with E-state index in [9.17, 15) is 13.6 Å². The molecule has 0 spiro atoms. The van der Waals surface area contributed by atoms with Gasteiger partial charge < -0.3 is 10.8 Å². The molecule has 82 valence electrons. The summed E-state index contributed by atoms with van der Waals surface area (Å²) in [6, 6.07) is 4.82. The van der Waals surface area contributed by atoms with Gasteiger partial charge in [-0.15, -0.1) is 0 Å². The number of carboxylic acids is 1. The average molecular weight is 215 g/mol. The van der Waals surface area contributed by atoms with Gasteiger partial charge in [0.2, 0.25) is 6.43 Å². The van der Waals surface area contributed by atoms with Crippen molar-refractivity contribution in [1.82, 2.24) is 0 Å². The van der Waals surface area contributed by atoms with Crippen LogP contribution in [-0.4, -0.2) is 17.5 Å². The Bertz CT molecular complexity index is 355. The molecule has 0 heterocycles. The maximum Gasteiger partial charge on any atom is 0.325 e. The summed E-state index contributed by atoms with van der Waals surface area (Å²) in [5, 5.41) is 8.68. The van der Waals surface area contributed by atoms with Gasteiger partial charge in [-0.05, 0) is 11.1 Å². The predicted octanol–water partition coefficient (Wildman–Crippen LogP) is 1.58. The lowest BCUT2D eigenvalue weighted by Gasteiger charge is -2.12. The summed E-state index contributed by atoms with van der Waals surface area (Å²) in [6.45, 7) is 0. The quantitative estimate of drug-likeness (QED) is 0.801. The first-order valence-electron chi connectivity index (χ1n) is 4.36. The summed E-state index contributed by atoms with van der Waals surface area (Å²) in [4.78, 5) is 10.6. The van der Waals surface area contributed by atoms with E-state index < -0.39 is 24.9 Å². The van der Waals surface area contributed by atoms with Crippen LogP contribution < -0.4 is 5.73 Å². The zero-order valence-corrected chi connectivity index (χ0v) is 7.86. The Morgan fingerprint density at radius 3 is 2.53 bits per heavy atom. The van der Waals surface area contributed by atoms with Crippen molar-refractivity contribution >= 4 is 5.97 Å². The summed E-state index contributed by atoms with van der Waals surface area (Å²) in [6.07, 6.45) is -2.98. The van der Waals surface area contributed by atoms with Gasteiger partial charge in [0.15, 0.2) is 0 Å². The third-order valence-electron chi connectivity index (χ3n) is 2.03. The highest BCUT2D eigenvalue weighted by Crippen LogP contribution is 2.19. The minimum absolute atomic E-state index is 0.241. The van der Waals surface area contributed by atoms with E-state index in [1.54, 1.807) is 12.1 Å². The predicted molar refractivity (Wildman–Crippen MR) is 50.7 cm³/mol. The van der Waals surface area contributed by atoms with Crippen molar-refractivity contribution in [1.29, 1.82) is 0 Å². The normalized spacial score (nSPS) is 12.8. The molecule has 0 saturated carbocycles. The van der Waals surface area contributed by atoms with Crippen LogP contribution in [-0.2, 0) is 11.2 Å². The molecule has 3 nitrogen and oxygen atoms in total. The second kappa shape index (κ2) is 4.84. The van der Waals surface area contributed by atoms with E-state index in [0.29, 0.717) is 0 Å². The third-order valence-corrected chi connectivity index (χ3v) is 2.03. The number of benzene rings is 1. The van der Waals surface area contributed by atoms with Gasteiger partial charge in [0.1, 0.15) is 6.04 Å². The molecule has 0 radical (unpaired) electrons. The van der Waals surface area contributed by atoms with E-state index in [4.69, 9.17) is 10.8 Å². The fourth-order valence-electron chi connectivity index (χ4n) is 1.32. The number of halogens is 2. The van der Waals surface area contributed by atoms with Crippen LogP contribution in [0.25, 0.3) is 0 Å². The lowest BCUT2D eigenvalue weighted by Crippen LogP contribution is -2.22. The molecule has 1 aromatic rings. The van der Waals surface area contributed by atoms with Crippen LogP contribution in [0.3, 0.4) is 0 Å². The third kappa shape index (κ3) is 2.99. The molecule has 0 aliphatic heterocycles. The van der Waals surface area contributed by atoms with Crippen LogP contribution in [0, 0.1) is 0 Å². The summed E-state index contributed by atoms with van der Waals surface area (Å²) in [7, 11) is 0. The maximum absolute atomic E-state index is 12.2. The molecule has 0 aliphatic rings. The van der Waals surface area contributed by atoms with Crippen LogP contribution in [0.5, 0.6) is 0 Å². The SMILES string of the molecule is NC(C(=O)O)c1ccccc1CC(F)F. The Labute approximate surface area is 85.5 Å². The largest absolute Gasteiger partial charge is 0.480 e. The van der Waals surface area contributed by atoms with Crippen LogP contribution >= 0.6 is 0 Å². The Balaban J connectivity index is 3.00. The molecule has 0 amide bonds. The number of carbonyl (C=O) groups is 1. The van der Waals surface area contributed by atoms with Crippen molar-refractivity contribution < 1.29 is 18.7 Å². The van der Waals surface area contributed by atoms with Crippen LogP contribution in [0.1, 0.15) is 17.2 Å². The maximum atomic E-state index is 12.2. The van der Waals surface area contributed by atoms with Gasteiger partial charge in [-0.1, -0.05) is 24.3 Å². The molecular weight excluding hydrogens is 204 g/mol. The van der Waals surface area contributed by atoms with E-state index in [0.717, 1.165) is 0 Å². The van der Waals surface area contributed by atoms with E-state index >= 15 is 0 Å². The van der Waals surface area contributed by atoms with Gasteiger partial charge in [0.25, 0.3) is 0 Å². The molecule has 1 unspecified atom stereocenters. The summed E-state index contributed by atoms with van der Waals surface area (Å²) >= 11 is 0. The molecule has 1 rings (SSSR count). The molecule has 0 aliphatic carbocycles. The number of nitrogens with two attached hydrogens (primary N) is 1. The summed E-state index contributed by atoms with van der Waals surface area (Å²) in [5.41, 5.74) is 5.89. The lowest BCUT2D eigenvalue weighted by atomic mass is 9.99. The molecule has 1 atom stereocenters. The second-order valence-corrected chi connectivity index (χ2v) is 3.11. The number of aliphatic carboxylic acids is 1. The highest BCUT2D eigenvalue weighted by molar-refractivity contribution is 5.75. The van der Waals surface area contributed by atoms with Gasteiger partial charge >= 0.3 is 5.97 Å². The first-order chi connectivity index (χ1) is 7.02. The number of hydrogen-bond acceptors (Lipinski definition) is 2. The number of rotatable bonds is 4. The van der Waals surface area contributed by atoms with E-state index in [-0.39, 0.29) is 11.1 Å². The summed E-state index contributed by atoms with van der Waals surface area (Å²) < 4.78 is 24.4. The van der Waals surface area contributed by atoms with Crippen molar-refractivity contribution in [2.24, 2.45) is 5.73 Å². The molecule has 0 bridgehead atoms. The fraction of sp³-hybridized carbons (Fsp3) is 0.300. The lowest BCUT2D eigenvalue weighted by molar-refractivity contribution is -0.138. The van der Waals surface area contributed by atoms with Crippen molar-refractivity contribution in [2.75, 3.05) is 0 Å². The zero-order valence-electron chi connectivity index (χ0n) is 7.86. The standard InChI is InChI=1S/C10H11F2NO2/c11-8(12)5-6-3-1-2-4-7(6)9(13)10(14)15/h1-4,8-9H,5,13H2,(H,14,15).